The molecule has 12 heteroatoms. The highest BCUT2D eigenvalue weighted by Crippen LogP contribution is 2.36. The van der Waals surface area contributed by atoms with E-state index in [4.69, 9.17) is 0 Å². The number of nitrogens with zero attached hydrogens (tertiary/aromatic N) is 5. The SMILES string of the molecule is O=C(c1ccnc(NC2CC2)c1)N1CCC(c2nn(CC(=O)N3CCC[C@H]3C(F)(F)F)c3cccc(F)c23)CC1. The molecule has 2 aliphatic heterocycles. The van der Waals surface area contributed by atoms with E-state index in [1.165, 1.54) is 16.8 Å². The first-order chi connectivity index (χ1) is 19.2. The van der Waals surface area contributed by atoms with Gasteiger partial charge in [0.05, 0.1) is 16.6 Å². The molecule has 1 aliphatic carbocycles. The average Bonchev–Trinajstić information content (AvgIpc) is 3.45. The third-order valence-electron chi connectivity index (χ3n) is 8.10. The maximum atomic E-state index is 15.1. The van der Waals surface area contributed by atoms with E-state index < -0.39 is 30.5 Å². The summed E-state index contributed by atoms with van der Waals surface area (Å²) in [5.41, 5.74) is 1.40. The van der Waals surface area contributed by atoms with Gasteiger partial charge >= 0.3 is 6.18 Å². The van der Waals surface area contributed by atoms with Crippen molar-refractivity contribution in [1.29, 1.82) is 0 Å². The minimum atomic E-state index is -4.49. The predicted octanol–water partition coefficient (Wildman–Crippen LogP) is 4.72. The smallest absolute Gasteiger partial charge is 0.367 e. The topological polar surface area (TPSA) is 83.4 Å². The van der Waals surface area contributed by atoms with E-state index in [1.807, 2.05) is 0 Å². The molecule has 8 nitrogen and oxygen atoms in total. The lowest BCUT2D eigenvalue weighted by Gasteiger charge is -2.31. The van der Waals surface area contributed by atoms with Crippen LogP contribution in [0.5, 0.6) is 0 Å². The summed E-state index contributed by atoms with van der Waals surface area (Å²) in [4.78, 5) is 33.0. The van der Waals surface area contributed by atoms with E-state index in [2.05, 4.69) is 15.4 Å². The number of fused-ring (bicyclic) bond motifs is 1. The van der Waals surface area contributed by atoms with Gasteiger partial charge < -0.3 is 15.1 Å². The van der Waals surface area contributed by atoms with Crippen LogP contribution in [-0.2, 0) is 11.3 Å². The molecule has 1 aromatic carbocycles. The number of hydrogen-bond donors (Lipinski definition) is 1. The van der Waals surface area contributed by atoms with Crippen molar-refractivity contribution < 1.29 is 27.2 Å². The van der Waals surface area contributed by atoms with Gasteiger partial charge in [-0.25, -0.2) is 9.37 Å². The average molecular weight is 559 g/mol. The molecule has 3 fully saturated rings. The van der Waals surface area contributed by atoms with Gasteiger partial charge in [0.1, 0.15) is 24.2 Å². The Hall–Kier alpha value is -3.70. The molecule has 1 saturated carbocycles. The molecular formula is C28H30F4N6O2. The number of carbonyl (C=O) groups excluding carboxylic acids is 2. The summed E-state index contributed by atoms with van der Waals surface area (Å²) in [6.07, 6.45) is 0.563. The second kappa shape index (κ2) is 10.4. The van der Waals surface area contributed by atoms with Gasteiger partial charge in [-0.15, -0.1) is 0 Å². The summed E-state index contributed by atoms with van der Waals surface area (Å²) in [5.74, 6) is -0.767. The number of anilines is 1. The van der Waals surface area contributed by atoms with Crippen molar-refractivity contribution in [2.75, 3.05) is 25.0 Å². The minimum Gasteiger partial charge on any atom is -0.367 e. The van der Waals surface area contributed by atoms with E-state index in [1.54, 1.807) is 29.3 Å². The summed E-state index contributed by atoms with van der Waals surface area (Å²) in [6, 6.07) is 6.51. The first-order valence-corrected chi connectivity index (χ1v) is 13.7. The highest BCUT2D eigenvalue weighted by atomic mass is 19.4. The fourth-order valence-corrected chi connectivity index (χ4v) is 5.86. The molecule has 1 atom stereocenters. The second-order valence-corrected chi connectivity index (χ2v) is 10.9. The second-order valence-electron chi connectivity index (χ2n) is 10.9. The summed E-state index contributed by atoms with van der Waals surface area (Å²) >= 11 is 0. The Morgan fingerprint density at radius 2 is 1.80 bits per heavy atom. The van der Waals surface area contributed by atoms with Crippen LogP contribution in [0, 0.1) is 5.82 Å². The largest absolute Gasteiger partial charge is 0.408 e. The third kappa shape index (κ3) is 5.23. The number of carbonyl (C=O) groups is 2. The number of hydrogen-bond acceptors (Lipinski definition) is 5. The fourth-order valence-electron chi connectivity index (χ4n) is 5.86. The number of pyridine rings is 1. The van der Waals surface area contributed by atoms with Gasteiger partial charge in [0, 0.05) is 43.4 Å². The van der Waals surface area contributed by atoms with Crippen LogP contribution < -0.4 is 5.32 Å². The molecule has 2 saturated heterocycles. The number of benzene rings is 1. The molecule has 40 heavy (non-hydrogen) atoms. The molecule has 1 N–H and O–H groups in total. The summed E-state index contributed by atoms with van der Waals surface area (Å²) in [5, 5.41) is 8.15. The molecular weight excluding hydrogens is 528 g/mol. The van der Waals surface area contributed by atoms with E-state index >= 15 is 4.39 Å². The van der Waals surface area contributed by atoms with E-state index in [9.17, 15) is 22.8 Å². The molecule has 3 aromatic rings. The van der Waals surface area contributed by atoms with Gasteiger partial charge in [0.2, 0.25) is 5.91 Å². The van der Waals surface area contributed by atoms with Crippen LogP contribution in [0.25, 0.3) is 10.9 Å². The number of rotatable bonds is 6. The van der Waals surface area contributed by atoms with Crippen molar-refractivity contribution in [1.82, 2.24) is 24.6 Å². The molecule has 4 heterocycles. The van der Waals surface area contributed by atoms with Gasteiger partial charge in [-0.3, -0.25) is 14.3 Å². The molecule has 0 unspecified atom stereocenters. The Kier molecular flexibility index (Phi) is 6.87. The first-order valence-electron chi connectivity index (χ1n) is 13.7. The molecule has 6 rings (SSSR count). The zero-order valence-electron chi connectivity index (χ0n) is 21.8. The number of likely N-dealkylation sites (tertiary alicyclic amines) is 2. The Labute approximate surface area is 228 Å². The van der Waals surface area contributed by atoms with Gasteiger partial charge in [-0.2, -0.15) is 18.3 Å². The summed E-state index contributed by atoms with van der Waals surface area (Å²) in [7, 11) is 0. The predicted molar refractivity (Wildman–Crippen MR) is 139 cm³/mol. The number of nitrogens with one attached hydrogen (secondary N) is 1. The normalized spacial score (nSPS) is 20.4. The summed E-state index contributed by atoms with van der Waals surface area (Å²) < 4.78 is 56.7. The van der Waals surface area contributed by atoms with E-state index in [0.717, 1.165) is 17.7 Å². The number of aromatic nitrogens is 3. The fraction of sp³-hybridized carbons (Fsp3) is 0.500. The Morgan fingerprint density at radius 1 is 1.02 bits per heavy atom. The third-order valence-corrected chi connectivity index (χ3v) is 8.10. The number of alkyl halides is 3. The Morgan fingerprint density at radius 3 is 2.52 bits per heavy atom. The molecule has 212 valence electrons. The van der Waals surface area contributed by atoms with Crippen LogP contribution in [0.2, 0.25) is 0 Å². The number of amides is 2. The molecule has 2 aromatic heterocycles. The zero-order chi connectivity index (χ0) is 28.0. The van der Waals surface area contributed by atoms with Crippen molar-refractivity contribution in [3.05, 3.63) is 53.6 Å². The lowest BCUT2D eigenvalue weighted by atomic mass is 9.91. The molecule has 2 amide bonds. The van der Waals surface area contributed by atoms with Crippen LogP contribution in [-0.4, -0.2) is 74.3 Å². The van der Waals surface area contributed by atoms with Gasteiger partial charge in [0.15, 0.2) is 0 Å². The molecule has 3 aliphatic rings. The van der Waals surface area contributed by atoms with Crippen LogP contribution >= 0.6 is 0 Å². The highest BCUT2D eigenvalue weighted by Gasteiger charge is 2.47. The van der Waals surface area contributed by atoms with E-state index in [-0.39, 0.29) is 36.6 Å². The maximum absolute atomic E-state index is 15.1. The van der Waals surface area contributed by atoms with Crippen molar-refractivity contribution in [3.63, 3.8) is 0 Å². The first kappa shape index (κ1) is 26.5. The standard InChI is InChI=1S/C28H30F4N6O2/c29-20-3-1-4-21-25(20)26(35-38(21)16-24(39)37-12-2-5-22(37)28(30,31)32)17-9-13-36(14-10-17)27(40)18-8-11-33-23(15-18)34-19-6-7-19/h1,3-4,8,11,15,17,19,22H,2,5-7,9-10,12-14,16H2,(H,33,34)/t22-/m0/s1. The van der Waals surface area contributed by atoms with Crippen LogP contribution in [0.3, 0.4) is 0 Å². The minimum absolute atomic E-state index is 0.0333. The van der Waals surface area contributed by atoms with Crippen molar-refractivity contribution >= 4 is 28.5 Å². The van der Waals surface area contributed by atoms with Gasteiger partial charge in [-0.1, -0.05) is 6.07 Å². The Balaban J connectivity index is 1.18. The molecule has 0 radical (unpaired) electrons. The van der Waals surface area contributed by atoms with Crippen LogP contribution in [0.1, 0.15) is 60.5 Å². The Bertz CT molecular complexity index is 1430. The lowest BCUT2D eigenvalue weighted by molar-refractivity contribution is -0.183. The summed E-state index contributed by atoms with van der Waals surface area (Å²) in [6.45, 7) is 0.522. The van der Waals surface area contributed by atoms with Gasteiger partial charge in [0.25, 0.3) is 5.91 Å². The maximum Gasteiger partial charge on any atom is 0.408 e. The lowest BCUT2D eigenvalue weighted by Crippen LogP contribution is -2.45. The van der Waals surface area contributed by atoms with Crippen molar-refractivity contribution in [2.45, 2.75) is 69.2 Å². The van der Waals surface area contributed by atoms with E-state index in [0.29, 0.717) is 54.6 Å². The highest BCUT2D eigenvalue weighted by molar-refractivity contribution is 5.95. The zero-order valence-corrected chi connectivity index (χ0v) is 21.8. The quantitative estimate of drug-likeness (QED) is 0.443. The van der Waals surface area contributed by atoms with Crippen molar-refractivity contribution in [3.8, 4) is 0 Å². The number of halogens is 4. The molecule has 0 bridgehead atoms. The number of piperidine rings is 1. The van der Waals surface area contributed by atoms with Crippen LogP contribution in [0.15, 0.2) is 36.5 Å². The molecule has 0 spiro atoms. The monoisotopic (exact) mass is 558 g/mol. The van der Waals surface area contributed by atoms with Crippen molar-refractivity contribution in [2.24, 2.45) is 0 Å². The van der Waals surface area contributed by atoms with Gasteiger partial charge in [-0.05, 0) is 62.8 Å². The van der Waals surface area contributed by atoms with Crippen LogP contribution in [0.4, 0.5) is 23.4 Å².